The van der Waals surface area contributed by atoms with Gasteiger partial charge in [-0.05, 0) is 24.3 Å². The van der Waals surface area contributed by atoms with Gasteiger partial charge in [-0.3, -0.25) is 14.4 Å². The second-order valence-corrected chi connectivity index (χ2v) is 7.66. The highest BCUT2D eigenvalue weighted by Crippen LogP contribution is 2.13. The first-order valence-corrected chi connectivity index (χ1v) is 10.2. The molecular formula is C19H25N3O6S. The molecule has 0 heterocycles. The van der Waals surface area contributed by atoms with Crippen molar-refractivity contribution < 1.29 is 27.5 Å². The number of benzene rings is 1. The molecule has 158 valence electrons. The van der Waals surface area contributed by atoms with Crippen molar-refractivity contribution in [2.75, 3.05) is 31.6 Å². The number of rotatable bonds is 12. The van der Waals surface area contributed by atoms with E-state index in [1.54, 1.807) is 12.2 Å². The van der Waals surface area contributed by atoms with Gasteiger partial charge in [0, 0.05) is 32.2 Å². The van der Waals surface area contributed by atoms with Crippen LogP contribution in [0.1, 0.15) is 13.3 Å². The number of nitrogens with zero attached hydrogens (tertiary/aromatic N) is 1. The van der Waals surface area contributed by atoms with E-state index in [0.717, 1.165) is 0 Å². The fraction of sp³-hybridized carbons (Fsp3) is 0.316. The summed E-state index contributed by atoms with van der Waals surface area (Å²) in [6.07, 6.45) is 2.85. The number of carbonyl (C=O) groups is 3. The van der Waals surface area contributed by atoms with Crippen molar-refractivity contribution in [3.63, 3.8) is 0 Å². The second-order valence-electron chi connectivity index (χ2n) is 5.89. The van der Waals surface area contributed by atoms with Crippen LogP contribution in [0.2, 0.25) is 0 Å². The van der Waals surface area contributed by atoms with E-state index in [9.17, 15) is 22.8 Å². The average Bonchev–Trinajstić information content (AvgIpc) is 2.65. The number of nitrogens with one attached hydrogen (secondary N) is 2. The number of amides is 2. The number of carbonyl (C=O) groups excluding carboxylic acids is 3. The Morgan fingerprint density at radius 2 is 1.69 bits per heavy atom. The second kappa shape index (κ2) is 11.8. The number of hydrogen-bond acceptors (Lipinski definition) is 6. The van der Waals surface area contributed by atoms with Crippen molar-refractivity contribution in [3.05, 3.63) is 49.6 Å². The highest BCUT2D eigenvalue weighted by Gasteiger charge is 2.16. The third kappa shape index (κ3) is 8.71. The lowest BCUT2D eigenvalue weighted by atomic mass is 10.3. The van der Waals surface area contributed by atoms with Crippen molar-refractivity contribution in [3.8, 4) is 0 Å². The number of sulfonamides is 1. The number of ether oxygens (including phenoxy) is 1. The molecule has 0 aromatic heterocycles. The van der Waals surface area contributed by atoms with Crippen LogP contribution in [-0.2, 0) is 29.1 Å². The maximum atomic E-state index is 12.2. The first-order valence-electron chi connectivity index (χ1n) is 8.72. The van der Waals surface area contributed by atoms with Gasteiger partial charge in [-0.1, -0.05) is 12.2 Å². The molecule has 0 saturated carbocycles. The summed E-state index contributed by atoms with van der Waals surface area (Å²) in [5, 5.41) is 2.53. The van der Waals surface area contributed by atoms with Crippen LogP contribution < -0.4 is 10.0 Å². The largest absolute Gasteiger partial charge is 0.456 e. The van der Waals surface area contributed by atoms with Gasteiger partial charge in [0.1, 0.15) is 0 Å². The lowest BCUT2D eigenvalue weighted by Gasteiger charge is -2.18. The maximum Gasteiger partial charge on any atom is 0.307 e. The highest BCUT2D eigenvalue weighted by atomic mass is 32.2. The Balaban J connectivity index is 2.47. The van der Waals surface area contributed by atoms with E-state index in [-0.39, 0.29) is 23.8 Å². The van der Waals surface area contributed by atoms with E-state index in [1.165, 1.54) is 36.1 Å². The topological polar surface area (TPSA) is 122 Å². The van der Waals surface area contributed by atoms with Crippen LogP contribution in [0.25, 0.3) is 0 Å². The molecule has 0 bridgehead atoms. The van der Waals surface area contributed by atoms with Gasteiger partial charge in [0.25, 0.3) is 5.91 Å². The fourth-order valence-electron chi connectivity index (χ4n) is 2.19. The molecule has 0 fully saturated rings. The lowest BCUT2D eigenvalue weighted by molar-refractivity contribution is -0.151. The van der Waals surface area contributed by atoms with Gasteiger partial charge in [-0.2, -0.15) is 0 Å². The number of hydrogen-bond donors (Lipinski definition) is 2. The minimum atomic E-state index is -3.83. The fourth-order valence-corrected chi connectivity index (χ4v) is 3.22. The molecule has 2 N–H and O–H groups in total. The molecule has 1 aromatic rings. The summed E-state index contributed by atoms with van der Waals surface area (Å²) in [5.41, 5.74) is 0.464. The molecule has 0 spiro atoms. The smallest absolute Gasteiger partial charge is 0.307 e. The predicted molar refractivity (Wildman–Crippen MR) is 108 cm³/mol. The van der Waals surface area contributed by atoms with Gasteiger partial charge < -0.3 is 15.0 Å². The van der Waals surface area contributed by atoms with Crippen molar-refractivity contribution in [2.24, 2.45) is 0 Å². The van der Waals surface area contributed by atoms with E-state index >= 15 is 0 Å². The Morgan fingerprint density at radius 3 is 2.21 bits per heavy atom. The minimum absolute atomic E-state index is 0.0142. The van der Waals surface area contributed by atoms with Gasteiger partial charge in [0.05, 0.1) is 11.3 Å². The number of esters is 1. The molecule has 2 amide bonds. The third-order valence-corrected chi connectivity index (χ3v) is 4.99. The standard InChI is InChI=1S/C19H25N3O6S/c1-4-12-22(13-5-2)18(24)14-28-19(25)10-11-20-29(26,27)17-8-6-16(7-9-17)21-15(3)23/h4-9,20H,1-2,10-14H2,3H3,(H,21,23). The Labute approximate surface area is 170 Å². The van der Waals surface area contributed by atoms with E-state index in [0.29, 0.717) is 18.8 Å². The first kappa shape index (κ1) is 24.1. The molecule has 29 heavy (non-hydrogen) atoms. The molecule has 9 nitrogen and oxygen atoms in total. The van der Waals surface area contributed by atoms with Crippen molar-refractivity contribution in [1.82, 2.24) is 9.62 Å². The van der Waals surface area contributed by atoms with Gasteiger partial charge >= 0.3 is 5.97 Å². The molecule has 1 aromatic carbocycles. The highest BCUT2D eigenvalue weighted by molar-refractivity contribution is 7.89. The summed E-state index contributed by atoms with van der Waals surface area (Å²) < 4.78 is 31.6. The predicted octanol–water partition coefficient (Wildman–Crippen LogP) is 1.06. The Hall–Kier alpha value is -2.98. The Kier molecular flexibility index (Phi) is 9.76. The molecule has 0 aliphatic heterocycles. The Bertz CT molecular complexity index is 839. The molecule has 0 atom stereocenters. The zero-order chi connectivity index (χ0) is 21.9. The van der Waals surface area contributed by atoms with E-state index in [2.05, 4.69) is 23.2 Å². The molecule has 1 rings (SSSR count). The summed E-state index contributed by atoms with van der Waals surface area (Å²) in [7, 11) is -3.83. The zero-order valence-electron chi connectivity index (χ0n) is 16.2. The van der Waals surface area contributed by atoms with Crippen molar-refractivity contribution in [1.29, 1.82) is 0 Å². The van der Waals surface area contributed by atoms with E-state index in [4.69, 9.17) is 4.74 Å². The SMILES string of the molecule is C=CCN(CC=C)C(=O)COC(=O)CCNS(=O)(=O)c1ccc(NC(C)=O)cc1. The minimum Gasteiger partial charge on any atom is -0.456 e. The Morgan fingerprint density at radius 1 is 1.10 bits per heavy atom. The van der Waals surface area contributed by atoms with E-state index < -0.39 is 28.5 Å². The van der Waals surface area contributed by atoms with Crippen LogP contribution in [-0.4, -0.2) is 57.3 Å². The van der Waals surface area contributed by atoms with Crippen LogP contribution in [0.4, 0.5) is 5.69 Å². The molecule has 0 aliphatic carbocycles. The monoisotopic (exact) mass is 423 g/mol. The molecule has 0 aliphatic rings. The van der Waals surface area contributed by atoms with Crippen LogP contribution in [0.3, 0.4) is 0 Å². The molecular weight excluding hydrogens is 398 g/mol. The summed E-state index contributed by atoms with van der Waals surface area (Å²) in [6, 6.07) is 5.57. The quantitative estimate of drug-likeness (QED) is 0.383. The van der Waals surface area contributed by atoms with Gasteiger partial charge in [-0.25, -0.2) is 13.1 Å². The molecule has 10 heteroatoms. The summed E-state index contributed by atoms with van der Waals surface area (Å²) in [4.78, 5) is 36.1. The zero-order valence-corrected chi connectivity index (χ0v) is 17.0. The average molecular weight is 423 g/mol. The summed E-state index contributed by atoms with van der Waals surface area (Å²) in [6.45, 7) is 8.39. The van der Waals surface area contributed by atoms with Crippen molar-refractivity contribution >= 4 is 33.5 Å². The number of anilines is 1. The van der Waals surface area contributed by atoms with Gasteiger partial charge in [0.15, 0.2) is 6.61 Å². The molecule has 0 radical (unpaired) electrons. The van der Waals surface area contributed by atoms with Crippen LogP contribution in [0.5, 0.6) is 0 Å². The van der Waals surface area contributed by atoms with Crippen LogP contribution in [0, 0.1) is 0 Å². The normalized spacial score (nSPS) is 10.7. The van der Waals surface area contributed by atoms with Crippen LogP contribution >= 0.6 is 0 Å². The summed E-state index contributed by atoms with van der Waals surface area (Å²) in [5.74, 6) is -1.38. The lowest BCUT2D eigenvalue weighted by Crippen LogP contribution is -2.35. The molecule has 0 unspecified atom stereocenters. The first-order chi connectivity index (χ1) is 13.7. The third-order valence-electron chi connectivity index (χ3n) is 3.51. The van der Waals surface area contributed by atoms with Crippen LogP contribution in [0.15, 0.2) is 54.5 Å². The van der Waals surface area contributed by atoms with Gasteiger partial charge in [0.2, 0.25) is 15.9 Å². The van der Waals surface area contributed by atoms with Gasteiger partial charge in [-0.15, -0.1) is 13.2 Å². The maximum absolute atomic E-state index is 12.2. The van der Waals surface area contributed by atoms with E-state index in [1.807, 2.05) is 0 Å². The molecule has 0 saturated heterocycles. The summed E-state index contributed by atoms with van der Waals surface area (Å²) >= 11 is 0. The van der Waals surface area contributed by atoms with Crippen molar-refractivity contribution in [2.45, 2.75) is 18.2 Å².